The van der Waals surface area contributed by atoms with Gasteiger partial charge in [0.05, 0.1) is 13.2 Å². The third kappa shape index (κ3) is 3.46. The maximum atomic E-state index is 11.4. The molecule has 6 heteroatoms. The lowest BCUT2D eigenvalue weighted by Crippen LogP contribution is -2.48. The normalized spacial score (nSPS) is 23.3. The quantitative estimate of drug-likeness (QED) is 0.816. The molecule has 0 aromatic heterocycles. The van der Waals surface area contributed by atoms with Crippen LogP contribution in [0.2, 0.25) is 0 Å². The summed E-state index contributed by atoms with van der Waals surface area (Å²) in [7, 11) is 0. The summed E-state index contributed by atoms with van der Waals surface area (Å²) >= 11 is 0. The predicted octanol–water partition coefficient (Wildman–Crippen LogP) is 1.70. The second kappa shape index (κ2) is 6.84. The lowest BCUT2D eigenvalue weighted by atomic mass is 10.0. The first-order chi connectivity index (χ1) is 12.2. The highest BCUT2D eigenvalue weighted by Crippen LogP contribution is 2.33. The van der Waals surface area contributed by atoms with Gasteiger partial charge in [0.15, 0.2) is 5.79 Å². The average molecular weight is 345 g/mol. The summed E-state index contributed by atoms with van der Waals surface area (Å²) in [5, 5.41) is 0. The minimum atomic E-state index is -0.313. The summed E-state index contributed by atoms with van der Waals surface area (Å²) < 4.78 is 11.6. The number of piperidine rings is 1. The van der Waals surface area contributed by atoms with Gasteiger partial charge in [-0.1, -0.05) is 0 Å². The van der Waals surface area contributed by atoms with Crippen molar-refractivity contribution in [2.45, 2.75) is 25.6 Å². The molecule has 1 spiro atoms. The van der Waals surface area contributed by atoms with Crippen LogP contribution in [0.4, 0.5) is 11.4 Å². The van der Waals surface area contributed by atoms with Crippen LogP contribution in [0.1, 0.15) is 19.8 Å². The molecule has 1 amide bonds. The molecule has 0 bridgehead atoms. The summed E-state index contributed by atoms with van der Waals surface area (Å²) in [6.45, 7) is 8.47. The van der Waals surface area contributed by atoms with Crippen molar-refractivity contribution in [3.8, 4) is 0 Å². The zero-order valence-corrected chi connectivity index (χ0v) is 14.9. The van der Waals surface area contributed by atoms with E-state index in [0.29, 0.717) is 0 Å². The van der Waals surface area contributed by atoms with Crippen LogP contribution in [0.5, 0.6) is 0 Å². The number of hydrogen-bond donors (Lipinski definition) is 0. The van der Waals surface area contributed by atoms with E-state index in [4.69, 9.17) is 9.47 Å². The van der Waals surface area contributed by atoms with Crippen LogP contribution in [-0.2, 0) is 14.3 Å². The minimum Gasteiger partial charge on any atom is -0.371 e. The second-order valence-corrected chi connectivity index (χ2v) is 7.10. The fourth-order valence-electron chi connectivity index (χ4n) is 4.05. The van der Waals surface area contributed by atoms with Gasteiger partial charge >= 0.3 is 0 Å². The molecule has 3 fully saturated rings. The van der Waals surface area contributed by atoms with Crippen LogP contribution in [-0.4, -0.2) is 69.1 Å². The van der Waals surface area contributed by atoms with Crippen molar-refractivity contribution >= 4 is 17.3 Å². The van der Waals surface area contributed by atoms with Crippen LogP contribution < -0.4 is 9.80 Å². The van der Waals surface area contributed by atoms with E-state index in [1.165, 1.54) is 11.4 Å². The minimum absolute atomic E-state index is 0.174. The molecule has 3 aliphatic heterocycles. The Labute approximate surface area is 149 Å². The lowest BCUT2D eigenvalue weighted by molar-refractivity contribution is -0.169. The van der Waals surface area contributed by atoms with Crippen molar-refractivity contribution in [2.75, 3.05) is 62.3 Å². The molecular weight excluding hydrogens is 318 g/mol. The Morgan fingerprint density at radius 1 is 0.840 bits per heavy atom. The zero-order chi connectivity index (χ0) is 17.3. The molecule has 1 aromatic rings. The number of carbonyl (C=O) groups is 1. The number of benzene rings is 1. The van der Waals surface area contributed by atoms with E-state index in [-0.39, 0.29) is 11.7 Å². The molecule has 0 radical (unpaired) electrons. The van der Waals surface area contributed by atoms with Crippen molar-refractivity contribution < 1.29 is 14.3 Å². The second-order valence-electron chi connectivity index (χ2n) is 7.10. The molecule has 3 saturated heterocycles. The summed E-state index contributed by atoms with van der Waals surface area (Å²) in [6, 6.07) is 8.82. The molecular formula is C19H27N3O3. The smallest absolute Gasteiger partial charge is 0.219 e. The molecule has 0 saturated carbocycles. The van der Waals surface area contributed by atoms with E-state index < -0.39 is 0 Å². The van der Waals surface area contributed by atoms with Crippen molar-refractivity contribution in [3.63, 3.8) is 0 Å². The van der Waals surface area contributed by atoms with Crippen LogP contribution >= 0.6 is 0 Å². The van der Waals surface area contributed by atoms with Crippen LogP contribution in [0.25, 0.3) is 0 Å². The van der Waals surface area contributed by atoms with Gasteiger partial charge in [0.1, 0.15) is 0 Å². The van der Waals surface area contributed by atoms with Crippen molar-refractivity contribution in [1.29, 1.82) is 0 Å². The maximum absolute atomic E-state index is 11.4. The van der Waals surface area contributed by atoms with Gasteiger partial charge in [-0.25, -0.2) is 0 Å². The summed E-state index contributed by atoms with van der Waals surface area (Å²) in [4.78, 5) is 18.1. The standard InChI is InChI=1S/C19H27N3O3/c1-16(23)20-10-12-22(13-11-20)18-4-2-17(3-5-18)21-8-6-19(7-9-21)24-14-15-25-19/h2-5H,6-15H2,1H3. The van der Waals surface area contributed by atoms with Gasteiger partial charge in [-0.3, -0.25) is 4.79 Å². The Hall–Kier alpha value is -1.79. The Kier molecular flexibility index (Phi) is 4.56. The summed E-state index contributed by atoms with van der Waals surface area (Å²) in [5.41, 5.74) is 2.50. The fraction of sp³-hybridized carbons (Fsp3) is 0.632. The molecule has 3 heterocycles. The number of nitrogens with zero attached hydrogens (tertiary/aromatic N) is 3. The maximum Gasteiger partial charge on any atom is 0.219 e. The topological polar surface area (TPSA) is 45.3 Å². The third-order valence-electron chi connectivity index (χ3n) is 5.64. The molecule has 3 aliphatic rings. The monoisotopic (exact) mass is 345 g/mol. The number of carbonyl (C=O) groups excluding carboxylic acids is 1. The van der Waals surface area contributed by atoms with E-state index in [0.717, 1.165) is 65.3 Å². The Balaban J connectivity index is 1.34. The first kappa shape index (κ1) is 16.7. The predicted molar refractivity (Wildman–Crippen MR) is 97.0 cm³/mol. The largest absolute Gasteiger partial charge is 0.371 e. The highest BCUT2D eigenvalue weighted by molar-refractivity contribution is 5.73. The molecule has 0 N–H and O–H groups in total. The molecule has 1 aromatic carbocycles. The highest BCUT2D eigenvalue weighted by Gasteiger charge is 2.39. The summed E-state index contributed by atoms with van der Waals surface area (Å²) in [6.07, 6.45) is 1.86. The van der Waals surface area contributed by atoms with Gasteiger partial charge in [-0.05, 0) is 24.3 Å². The Bertz CT molecular complexity index is 595. The van der Waals surface area contributed by atoms with Crippen LogP contribution in [0.3, 0.4) is 0 Å². The van der Waals surface area contributed by atoms with Crippen molar-refractivity contribution in [1.82, 2.24) is 4.90 Å². The van der Waals surface area contributed by atoms with Gasteiger partial charge in [0, 0.05) is 70.4 Å². The number of rotatable bonds is 2. The zero-order valence-electron chi connectivity index (χ0n) is 14.9. The van der Waals surface area contributed by atoms with Crippen LogP contribution in [0.15, 0.2) is 24.3 Å². The van der Waals surface area contributed by atoms with Gasteiger partial charge in [0.25, 0.3) is 0 Å². The summed E-state index contributed by atoms with van der Waals surface area (Å²) in [5.74, 6) is -0.139. The van der Waals surface area contributed by atoms with E-state index in [1.807, 2.05) is 4.90 Å². The Morgan fingerprint density at radius 2 is 1.32 bits per heavy atom. The molecule has 6 nitrogen and oxygen atoms in total. The SMILES string of the molecule is CC(=O)N1CCN(c2ccc(N3CCC4(CC3)OCCO4)cc2)CC1. The van der Waals surface area contributed by atoms with Gasteiger partial charge in [-0.15, -0.1) is 0 Å². The highest BCUT2D eigenvalue weighted by atomic mass is 16.7. The first-order valence-electron chi connectivity index (χ1n) is 9.29. The first-order valence-corrected chi connectivity index (χ1v) is 9.29. The van der Waals surface area contributed by atoms with Gasteiger partial charge in [0.2, 0.25) is 5.91 Å². The number of anilines is 2. The molecule has 0 unspecified atom stereocenters. The van der Waals surface area contributed by atoms with Crippen molar-refractivity contribution in [2.24, 2.45) is 0 Å². The van der Waals surface area contributed by atoms with Crippen LogP contribution in [0, 0.1) is 0 Å². The molecule has 4 rings (SSSR count). The molecule has 0 atom stereocenters. The van der Waals surface area contributed by atoms with Gasteiger partial charge < -0.3 is 24.2 Å². The molecule has 0 aliphatic carbocycles. The van der Waals surface area contributed by atoms with Crippen molar-refractivity contribution in [3.05, 3.63) is 24.3 Å². The van der Waals surface area contributed by atoms with E-state index in [2.05, 4.69) is 34.1 Å². The van der Waals surface area contributed by atoms with E-state index in [9.17, 15) is 4.79 Å². The third-order valence-corrected chi connectivity index (χ3v) is 5.64. The number of amides is 1. The number of ether oxygens (including phenoxy) is 2. The Morgan fingerprint density at radius 3 is 1.80 bits per heavy atom. The molecule has 136 valence electrons. The van der Waals surface area contributed by atoms with E-state index >= 15 is 0 Å². The molecule has 25 heavy (non-hydrogen) atoms. The average Bonchev–Trinajstić information content (AvgIpc) is 3.11. The number of hydrogen-bond acceptors (Lipinski definition) is 5. The number of piperazine rings is 1. The van der Waals surface area contributed by atoms with Gasteiger partial charge in [-0.2, -0.15) is 0 Å². The fourth-order valence-corrected chi connectivity index (χ4v) is 4.05. The lowest BCUT2D eigenvalue weighted by Gasteiger charge is -2.39. The van der Waals surface area contributed by atoms with E-state index in [1.54, 1.807) is 6.92 Å².